The molecule has 0 amide bonds. The van der Waals surface area contributed by atoms with Gasteiger partial charge in [0.15, 0.2) is 0 Å². The third-order valence-corrected chi connectivity index (χ3v) is 7.30. The monoisotopic (exact) mass is 456 g/mol. The molecule has 4 N–H and O–H groups in total. The van der Waals surface area contributed by atoms with Crippen LogP contribution in [0.4, 0.5) is 0 Å². The van der Waals surface area contributed by atoms with Crippen molar-refractivity contribution in [3.8, 4) is 11.1 Å². The summed E-state index contributed by atoms with van der Waals surface area (Å²) in [6, 6.07) is 16.5. The first-order valence-electron chi connectivity index (χ1n) is 9.38. The van der Waals surface area contributed by atoms with Crippen LogP contribution in [0.3, 0.4) is 0 Å². The maximum Gasteiger partial charge on any atom is 0.240 e. The summed E-state index contributed by atoms with van der Waals surface area (Å²) in [7, 11) is -7.43. The number of benzene rings is 2. The van der Waals surface area contributed by atoms with E-state index in [2.05, 4.69) is 14.7 Å². The van der Waals surface area contributed by atoms with E-state index in [4.69, 9.17) is 5.14 Å². The van der Waals surface area contributed by atoms with Crippen LogP contribution in [-0.2, 0) is 26.5 Å². The molecule has 0 radical (unpaired) electrons. The lowest BCUT2D eigenvalue weighted by molar-refractivity contribution is 0.581. The summed E-state index contributed by atoms with van der Waals surface area (Å²) in [6.45, 7) is 0.174. The van der Waals surface area contributed by atoms with Crippen LogP contribution in [0.1, 0.15) is 5.56 Å². The van der Waals surface area contributed by atoms with E-state index in [-0.39, 0.29) is 16.3 Å². The number of nitrogens with two attached hydrogens (primary N) is 1. The third-order valence-electron chi connectivity index (χ3n) is 4.89. The maximum absolute atomic E-state index is 12.6. The van der Waals surface area contributed by atoms with E-state index in [1.54, 1.807) is 42.6 Å². The van der Waals surface area contributed by atoms with E-state index in [9.17, 15) is 16.8 Å². The van der Waals surface area contributed by atoms with Gasteiger partial charge >= 0.3 is 0 Å². The average molecular weight is 457 g/mol. The number of nitrogens with one attached hydrogen (secondary N) is 2. The summed E-state index contributed by atoms with van der Waals surface area (Å²) in [5.74, 6) is 0. The van der Waals surface area contributed by atoms with Gasteiger partial charge in [-0.15, -0.1) is 0 Å². The van der Waals surface area contributed by atoms with Gasteiger partial charge in [0.25, 0.3) is 0 Å². The number of hydrogen-bond donors (Lipinski definition) is 3. The summed E-state index contributed by atoms with van der Waals surface area (Å²) >= 11 is 0. The van der Waals surface area contributed by atoms with Crippen molar-refractivity contribution in [2.45, 2.75) is 16.2 Å². The Kier molecular flexibility index (Phi) is 5.63. The highest BCUT2D eigenvalue weighted by atomic mass is 32.2. The van der Waals surface area contributed by atoms with Crippen LogP contribution in [0.25, 0.3) is 22.2 Å². The van der Waals surface area contributed by atoms with Gasteiger partial charge in [-0.05, 0) is 59.5 Å². The van der Waals surface area contributed by atoms with Gasteiger partial charge in [0.05, 0.1) is 9.79 Å². The number of aromatic amines is 1. The molecule has 2 aromatic heterocycles. The van der Waals surface area contributed by atoms with E-state index >= 15 is 0 Å². The van der Waals surface area contributed by atoms with E-state index in [0.29, 0.717) is 6.42 Å². The number of nitrogens with zero attached hydrogens (tertiary/aromatic N) is 1. The van der Waals surface area contributed by atoms with Crippen molar-refractivity contribution in [1.29, 1.82) is 0 Å². The second kappa shape index (κ2) is 8.23. The summed E-state index contributed by atoms with van der Waals surface area (Å²) in [5, 5.41) is 6.04. The number of primary sulfonamides is 1. The minimum Gasteiger partial charge on any atom is -0.346 e. The molecule has 0 saturated carbocycles. The minimum atomic E-state index is -3.75. The fourth-order valence-corrected chi connectivity index (χ4v) is 4.83. The SMILES string of the molecule is NS(=O)(=O)c1ccc(CCNS(=O)(=O)c2ccc(-c3ccnc4[nH]ccc34)cc2)cc1. The van der Waals surface area contributed by atoms with Crippen LogP contribution in [0.15, 0.2) is 82.8 Å². The second-order valence-corrected chi connectivity index (χ2v) is 10.3. The first-order chi connectivity index (χ1) is 14.7. The van der Waals surface area contributed by atoms with Crippen molar-refractivity contribution in [1.82, 2.24) is 14.7 Å². The predicted octanol–water partition coefficient (Wildman–Crippen LogP) is 2.40. The van der Waals surface area contributed by atoms with Gasteiger partial charge in [-0.3, -0.25) is 0 Å². The number of pyridine rings is 1. The lowest BCUT2D eigenvalue weighted by Gasteiger charge is -2.09. The van der Waals surface area contributed by atoms with Crippen molar-refractivity contribution in [2.75, 3.05) is 6.54 Å². The van der Waals surface area contributed by atoms with Gasteiger partial charge in [-0.1, -0.05) is 24.3 Å². The van der Waals surface area contributed by atoms with Gasteiger partial charge in [0.2, 0.25) is 20.0 Å². The topological polar surface area (TPSA) is 135 Å². The highest BCUT2D eigenvalue weighted by Gasteiger charge is 2.14. The van der Waals surface area contributed by atoms with Crippen LogP contribution in [0.2, 0.25) is 0 Å². The quantitative estimate of drug-likeness (QED) is 0.392. The van der Waals surface area contributed by atoms with Gasteiger partial charge in [-0.25, -0.2) is 31.7 Å². The molecule has 0 fully saturated rings. The lowest BCUT2D eigenvalue weighted by atomic mass is 10.0. The zero-order valence-electron chi connectivity index (χ0n) is 16.3. The molecule has 0 bridgehead atoms. The summed E-state index contributed by atoms with van der Waals surface area (Å²) in [5.41, 5.74) is 3.42. The first kappa shape index (κ1) is 21.2. The first-order valence-corrected chi connectivity index (χ1v) is 12.4. The molecular formula is C21H20N4O4S2. The van der Waals surface area contributed by atoms with Crippen molar-refractivity contribution in [3.63, 3.8) is 0 Å². The fraction of sp³-hybridized carbons (Fsp3) is 0.0952. The number of H-pyrrole nitrogens is 1. The molecule has 0 atom stereocenters. The number of sulfonamides is 2. The molecule has 0 aliphatic carbocycles. The Morgan fingerprint density at radius 1 is 0.871 bits per heavy atom. The molecular weight excluding hydrogens is 436 g/mol. The average Bonchev–Trinajstić information content (AvgIpc) is 3.22. The molecule has 0 aliphatic heterocycles. The van der Waals surface area contributed by atoms with Crippen LogP contribution in [0.5, 0.6) is 0 Å². The Labute approximate surface area is 180 Å². The Balaban J connectivity index is 1.44. The summed E-state index contributed by atoms with van der Waals surface area (Å²) < 4.78 is 50.4. The second-order valence-electron chi connectivity index (χ2n) is 6.96. The molecule has 31 heavy (non-hydrogen) atoms. The molecule has 0 aliphatic rings. The molecule has 160 valence electrons. The number of fused-ring (bicyclic) bond motifs is 1. The Morgan fingerprint density at radius 3 is 2.23 bits per heavy atom. The zero-order chi connectivity index (χ0) is 22.1. The van der Waals surface area contributed by atoms with Crippen molar-refractivity contribution >= 4 is 31.1 Å². The van der Waals surface area contributed by atoms with Crippen LogP contribution < -0.4 is 9.86 Å². The molecule has 10 heteroatoms. The molecule has 0 unspecified atom stereocenters. The molecule has 8 nitrogen and oxygen atoms in total. The van der Waals surface area contributed by atoms with Crippen molar-refractivity contribution in [2.24, 2.45) is 5.14 Å². The molecule has 4 aromatic rings. The largest absolute Gasteiger partial charge is 0.346 e. The number of hydrogen-bond acceptors (Lipinski definition) is 5. The Morgan fingerprint density at radius 2 is 1.55 bits per heavy atom. The highest BCUT2D eigenvalue weighted by Crippen LogP contribution is 2.27. The van der Waals surface area contributed by atoms with E-state index < -0.39 is 20.0 Å². The zero-order valence-corrected chi connectivity index (χ0v) is 17.9. The van der Waals surface area contributed by atoms with Crippen molar-refractivity contribution in [3.05, 3.63) is 78.6 Å². The minimum absolute atomic E-state index is 0.0167. The van der Waals surface area contributed by atoms with Gasteiger partial charge in [0.1, 0.15) is 5.65 Å². The number of rotatable bonds is 7. The normalized spacial score (nSPS) is 12.3. The maximum atomic E-state index is 12.6. The van der Waals surface area contributed by atoms with Gasteiger partial charge < -0.3 is 4.98 Å². The molecule has 2 heterocycles. The number of aromatic nitrogens is 2. The van der Waals surface area contributed by atoms with E-state index in [1.165, 1.54) is 12.1 Å². The van der Waals surface area contributed by atoms with Crippen LogP contribution in [0, 0.1) is 0 Å². The Hall–Kier alpha value is -3.05. The molecule has 4 rings (SSSR count). The van der Waals surface area contributed by atoms with Crippen LogP contribution in [-0.4, -0.2) is 33.3 Å². The predicted molar refractivity (Wildman–Crippen MR) is 118 cm³/mol. The summed E-state index contributed by atoms with van der Waals surface area (Å²) in [4.78, 5) is 7.51. The molecule has 2 aromatic carbocycles. The smallest absolute Gasteiger partial charge is 0.240 e. The van der Waals surface area contributed by atoms with Crippen molar-refractivity contribution < 1.29 is 16.8 Å². The van der Waals surface area contributed by atoms with E-state index in [1.807, 2.05) is 18.3 Å². The van der Waals surface area contributed by atoms with Crippen LogP contribution >= 0.6 is 0 Å². The Bertz CT molecular complexity index is 1430. The molecule has 0 spiro atoms. The third kappa shape index (κ3) is 4.67. The lowest BCUT2D eigenvalue weighted by Crippen LogP contribution is -2.26. The van der Waals surface area contributed by atoms with Gasteiger partial charge in [0, 0.05) is 24.3 Å². The summed E-state index contributed by atoms with van der Waals surface area (Å²) in [6.07, 6.45) is 3.92. The van der Waals surface area contributed by atoms with Gasteiger partial charge in [-0.2, -0.15) is 0 Å². The highest BCUT2D eigenvalue weighted by molar-refractivity contribution is 7.89. The fourth-order valence-electron chi connectivity index (χ4n) is 3.29. The molecule has 0 saturated heterocycles. The van der Waals surface area contributed by atoms with E-state index in [0.717, 1.165) is 27.7 Å². The standard InChI is InChI=1S/C21H20N4O4S2/c22-30(26,27)17-5-1-15(2-6-17)9-14-25-31(28,29)18-7-3-16(4-8-18)19-10-12-23-21-20(19)11-13-24-21/h1-8,10-13,25H,9,14H2,(H,23,24)(H2,22,26,27).